The van der Waals surface area contributed by atoms with E-state index in [4.69, 9.17) is 10.6 Å². The second-order valence-corrected chi connectivity index (χ2v) is 4.66. The average Bonchev–Trinajstić information content (AvgIpc) is 2.25. The van der Waals surface area contributed by atoms with Crippen molar-refractivity contribution in [1.29, 1.82) is 0 Å². The summed E-state index contributed by atoms with van der Waals surface area (Å²) >= 11 is 3.52. The fourth-order valence-corrected chi connectivity index (χ4v) is 2.22. The number of hydroxylamine groups is 1. The van der Waals surface area contributed by atoms with Crippen LogP contribution in [0.5, 0.6) is 0 Å². The first-order valence-corrected chi connectivity index (χ1v) is 5.94. The van der Waals surface area contributed by atoms with Crippen LogP contribution in [-0.2, 0) is 4.84 Å². The summed E-state index contributed by atoms with van der Waals surface area (Å²) in [6, 6.07) is 3.99. The third kappa shape index (κ3) is 2.26. The van der Waals surface area contributed by atoms with Gasteiger partial charge in [-0.1, -0.05) is 0 Å². The van der Waals surface area contributed by atoms with Crippen LogP contribution in [0.3, 0.4) is 0 Å². The molecule has 0 atom stereocenters. The van der Waals surface area contributed by atoms with E-state index in [1.807, 2.05) is 18.1 Å². The predicted octanol–water partition coefficient (Wildman–Crippen LogP) is 2.87. The first-order chi connectivity index (χ1) is 7.18. The van der Waals surface area contributed by atoms with Crippen LogP contribution in [0, 0.1) is 6.92 Å². The molecule has 4 heteroatoms. The molecular weight excluding hydrogens is 256 g/mol. The largest absolute Gasteiger partial charge is 0.398 e. The summed E-state index contributed by atoms with van der Waals surface area (Å²) < 4.78 is 0.993. The van der Waals surface area contributed by atoms with Crippen molar-refractivity contribution in [1.82, 2.24) is 0 Å². The van der Waals surface area contributed by atoms with E-state index in [2.05, 4.69) is 22.0 Å². The van der Waals surface area contributed by atoms with E-state index in [1.54, 1.807) is 0 Å². The van der Waals surface area contributed by atoms with Gasteiger partial charge in [0.15, 0.2) is 0 Å². The van der Waals surface area contributed by atoms with Crippen molar-refractivity contribution in [3.05, 3.63) is 22.2 Å². The molecule has 0 bridgehead atoms. The second kappa shape index (κ2) is 4.41. The van der Waals surface area contributed by atoms with Gasteiger partial charge in [-0.15, -0.1) is 0 Å². The van der Waals surface area contributed by atoms with Crippen molar-refractivity contribution < 1.29 is 4.84 Å². The fourth-order valence-electron chi connectivity index (χ4n) is 1.66. The standard InChI is InChI=1S/C11H15BrN2O/c1-8-6-11(9(12)7-10(8)13)14-4-2-3-5-15-14/h6-7H,2-5,13H2,1H3. The van der Waals surface area contributed by atoms with E-state index >= 15 is 0 Å². The fraction of sp³-hybridized carbons (Fsp3) is 0.455. The molecule has 2 rings (SSSR count). The molecule has 15 heavy (non-hydrogen) atoms. The molecule has 3 nitrogen and oxygen atoms in total. The van der Waals surface area contributed by atoms with Crippen LogP contribution in [0.2, 0.25) is 0 Å². The number of nitrogens with zero attached hydrogens (tertiary/aromatic N) is 1. The van der Waals surface area contributed by atoms with E-state index in [9.17, 15) is 0 Å². The average molecular weight is 271 g/mol. The van der Waals surface area contributed by atoms with E-state index < -0.39 is 0 Å². The van der Waals surface area contributed by atoms with Gasteiger partial charge in [-0.05, 0) is 53.4 Å². The predicted molar refractivity (Wildman–Crippen MR) is 65.8 cm³/mol. The molecule has 0 saturated carbocycles. The van der Waals surface area contributed by atoms with Gasteiger partial charge in [0.05, 0.1) is 12.3 Å². The Balaban J connectivity index is 2.30. The first kappa shape index (κ1) is 10.8. The van der Waals surface area contributed by atoms with E-state index in [-0.39, 0.29) is 0 Å². The number of halogens is 1. The Morgan fingerprint density at radius 1 is 1.40 bits per heavy atom. The van der Waals surface area contributed by atoms with Crippen molar-refractivity contribution in [2.75, 3.05) is 23.9 Å². The van der Waals surface area contributed by atoms with E-state index in [0.717, 1.165) is 41.0 Å². The summed E-state index contributed by atoms with van der Waals surface area (Å²) in [4.78, 5) is 5.60. The smallest absolute Gasteiger partial charge is 0.0782 e. The number of nitrogen functional groups attached to an aromatic ring is 1. The topological polar surface area (TPSA) is 38.5 Å². The molecule has 0 spiro atoms. The highest BCUT2D eigenvalue weighted by Crippen LogP contribution is 2.32. The monoisotopic (exact) mass is 270 g/mol. The van der Waals surface area contributed by atoms with Crippen molar-refractivity contribution >= 4 is 27.3 Å². The van der Waals surface area contributed by atoms with Crippen molar-refractivity contribution in [3.63, 3.8) is 0 Å². The Morgan fingerprint density at radius 2 is 2.20 bits per heavy atom. The molecule has 1 saturated heterocycles. The maximum atomic E-state index is 5.83. The van der Waals surface area contributed by atoms with Gasteiger partial charge >= 0.3 is 0 Å². The molecule has 0 unspecified atom stereocenters. The quantitative estimate of drug-likeness (QED) is 0.798. The van der Waals surface area contributed by atoms with Crippen molar-refractivity contribution in [3.8, 4) is 0 Å². The van der Waals surface area contributed by atoms with E-state index in [0.29, 0.717) is 0 Å². The van der Waals surface area contributed by atoms with Gasteiger partial charge in [-0.3, -0.25) is 9.90 Å². The Morgan fingerprint density at radius 3 is 2.87 bits per heavy atom. The summed E-state index contributed by atoms with van der Waals surface area (Å²) in [5.41, 5.74) is 8.79. The Kier molecular flexibility index (Phi) is 3.17. The highest BCUT2D eigenvalue weighted by atomic mass is 79.9. The Hall–Kier alpha value is -0.740. The number of aryl methyl sites for hydroxylation is 1. The number of hydrogen-bond acceptors (Lipinski definition) is 3. The molecule has 1 aliphatic rings. The number of nitrogens with two attached hydrogens (primary N) is 1. The molecule has 0 amide bonds. The molecule has 1 aromatic carbocycles. The van der Waals surface area contributed by atoms with Crippen molar-refractivity contribution in [2.24, 2.45) is 0 Å². The molecule has 2 N–H and O–H groups in total. The molecule has 1 aliphatic heterocycles. The lowest BCUT2D eigenvalue weighted by Crippen LogP contribution is -2.30. The number of hydrogen-bond donors (Lipinski definition) is 1. The molecular formula is C11H15BrN2O. The van der Waals surface area contributed by atoms with Gasteiger partial charge in [0.2, 0.25) is 0 Å². The minimum absolute atomic E-state index is 0.801. The molecule has 1 fully saturated rings. The summed E-state index contributed by atoms with van der Waals surface area (Å²) in [6.45, 7) is 3.76. The summed E-state index contributed by atoms with van der Waals surface area (Å²) in [5, 5.41) is 1.94. The third-order valence-electron chi connectivity index (χ3n) is 2.61. The minimum atomic E-state index is 0.801. The maximum absolute atomic E-state index is 5.83. The van der Waals surface area contributed by atoms with Crippen molar-refractivity contribution in [2.45, 2.75) is 19.8 Å². The van der Waals surface area contributed by atoms with Crippen LogP contribution >= 0.6 is 15.9 Å². The van der Waals surface area contributed by atoms with E-state index in [1.165, 1.54) is 6.42 Å². The minimum Gasteiger partial charge on any atom is -0.398 e. The summed E-state index contributed by atoms with van der Waals surface area (Å²) in [5.74, 6) is 0. The molecule has 0 aromatic heterocycles. The zero-order chi connectivity index (χ0) is 10.8. The zero-order valence-electron chi connectivity index (χ0n) is 8.79. The number of benzene rings is 1. The van der Waals surface area contributed by atoms with Gasteiger partial charge in [-0.25, -0.2) is 0 Å². The lowest BCUT2D eigenvalue weighted by atomic mass is 10.1. The third-order valence-corrected chi connectivity index (χ3v) is 3.24. The summed E-state index contributed by atoms with van der Waals surface area (Å²) in [6.07, 6.45) is 2.32. The van der Waals surface area contributed by atoms with Crippen LogP contribution < -0.4 is 10.8 Å². The Bertz CT molecular complexity index is 362. The highest BCUT2D eigenvalue weighted by Gasteiger charge is 2.15. The molecule has 1 heterocycles. The normalized spacial score (nSPS) is 16.8. The van der Waals surface area contributed by atoms with Crippen LogP contribution in [0.4, 0.5) is 11.4 Å². The molecule has 0 aliphatic carbocycles. The SMILES string of the molecule is Cc1cc(N2CCCCO2)c(Br)cc1N. The molecule has 0 radical (unpaired) electrons. The highest BCUT2D eigenvalue weighted by molar-refractivity contribution is 9.10. The summed E-state index contributed by atoms with van der Waals surface area (Å²) in [7, 11) is 0. The van der Waals surface area contributed by atoms with Gasteiger partial charge in [0, 0.05) is 16.7 Å². The number of rotatable bonds is 1. The molecule has 82 valence electrons. The van der Waals surface area contributed by atoms with Crippen LogP contribution in [-0.4, -0.2) is 13.2 Å². The van der Waals surface area contributed by atoms with Crippen LogP contribution in [0.15, 0.2) is 16.6 Å². The maximum Gasteiger partial charge on any atom is 0.0782 e. The lowest BCUT2D eigenvalue weighted by molar-refractivity contribution is 0.0775. The van der Waals surface area contributed by atoms with Gasteiger partial charge in [-0.2, -0.15) is 0 Å². The molecule has 1 aromatic rings. The van der Waals surface area contributed by atoms with Crippen LogP contribution in [0.25, 0.3) is 0 Å². The Labute approximate surface area is 98.3 Å². The van der Waals surface area contributed by atoms with Gasteiger partial charge in [0.25, 0.3) is 0 Å². The lowest BCUT2D eigenvalue weighted by Gasteiger charge is -2.29. The second-order valence-electron chi connectivity index (χ2n) is 3.80. The van der Waals surface area contributed by atoms with Gasteiger partial charge in [0.1, 0.15) is 0 Å². The number of anilines is 2. The zero-order valence-corrected chi connectivity index (χ0v) is 10.4. The van der Waals surface area contributed by atoms with Gasteiger partial charge < -0.3 is 5.73 Å². The first-order valence-electron chi connectivity index (χ1n) is 5.14. The van der Waals surface area contributed by atoms with Crippen LogP contribution in [0.1, 0.15) is 18.4 Å².